The van der Waals surface area contributed by atoms with Crippen molar-refractivity contribution in [1.29, 1.82) is 0 Å². The minimum atomic E-state index is -4.64. The number of aromatic nitrogens is 2. The second-order valence-electron chi connectivity index (χ2n) is 5.24. The molecule has 4 atom stereocenters. The second kappa shape index (κ2) is 15.2. The number of hydrogen-bond donors (Lipinski definition) is 11. The Morgan fingerprint density at radius 1 is 1.03 bits per heavy atom. The lowest BCUT2D eigenvalue weighted by molar-refractivity contribution is -0.0169. The van der Waals surface area contributed by atoms with E-state index in [4.69, 9.17) is 79.8 Å². The summed E-state index contributed by atoms with van der Waals surface area (Å²) in [5.41, 5.74) is 4.58. The second-order valence-corrected chi connectivity index (χ2v) is 8.62. The number of halogens is 2. The van der Waals surface area contributed by atoms with E-state index in [1.807, 2.05) is 0 Å². The van der Waals surface area contributed by atoms with Crippen LogP contribution in [0.4, 0.5) is 10.2 Å². The van der Waals surface area contributed by atoms with Gasteiger partial charge < -0.3 is 59.6 Å². The van der Waals surface area contributed by atoms with E-state index in [1.165, 1.54) is 12.3 Å². The van der Waals surface area contributed by atoms with Gasteiger partial charge in [0.2, 0.25) is 0 Å². The van der Waals surface area contributed by atoms with Crippen molar-refractivity contribution in [3.8, 4) is 0 Å². The summed E-state index contributed by atoms with van der Waals surface area (Å²) in [7, 11) is -13.9. The van der Waals surface area contributed by atoms with Gasteiger partial charge in [-0.15, -0.1) is 11.6 Å². The third-order valence-corrected chi connectivity index (χ3v) is 2.88. The smallest absolute Gasteiger partial charge is 0.387 e. The number of anilines is 1. The number of ether oxygens (including phenoxy) is 1. The maximum absolute atomic E-state index is 13.7. The van der Waals surface area contributed by atoms with Crippen LogP contribution in [0, 0.1) is 0 Å². The first-order valence-electron chi connectivity index (χ1n) is 7.27. The number of alkyl halides is 2. The highest BCUT2D eigenvalue weighted by Gasteiger charge is 2.45. The van der Waals surface area contributed by atoms with Crippen molar-refractivity contribution < 1.29 is 72.0 Å². The molecule has 0 saturated carbocycles. The van der Waals surface area contributed by atoms with E-state index in [9.17, 15) is 14.3 Å². The van der Waals surface area contributed by atoms with Gasteiger partial charge in [0.05, 0.1) is 5.88 Å². The average Bonchev–Trinajstić information content (AvgIpc) is 2.78. The summed E-state index contributed by atoms with van der Waals surface area (Å²) in [6.45, 7) is 0. The van der Waals surface area contributed by atoms with Gasteiger partial charge in [0.1, 0.15) is 18.0 Å². The standard InChI is InChI=1S/C9H11ClFN3O3.CH4.3H3O4P/c10-3-4-7(15)6(11)8(17-4)14-2-1-5(12)13-9(14)16;;3*1-5(2,3)4/h1-2,4,6-8,15H,3H2,(H2,12,13,16);1H4;3*(H3,1,2,3,4)/t4-,6+,7+,8+;;;;/m0..../s1. The Kier molecular flexibility index (Phi) is 16.9. The van der Waals surface area contributed by atoms with E-state index >= 15 is 0 Å². The molecule has 1 aliphatic rings. The van der Waals surface area contributed by atoms with E-state index in [-0.39, 0.29) is 19.1 Å². The normalized spacial score (nSPS) is 22.3. The summed E-state index contributed by atoms with van der Waals surface area (Å²) >= 11 is 5.51. The van der Waals surface area contributed by atoms with Gasteiger partial charge >= 0.3 is 29.2 Å². The van der Waals surface area contributed by atoms with Crippen LogP contribution in [0.25, 0.3) is 0 Å². The third kappa shape index (κ3) is 22.7. The molecular weight excluding hydrogens is 549 g/mol. The van der Waals surface area contributed by atoms with Crippen LogP contribution in [-0.2, 0) is 18.4 Å². The van der Waals surface area contributed by atoms with Gasteiger partial charge in [0.25, 0.3) is 0 Å². The van der Waals surface area contributed by atoms with Crippen LogP contribution in [0.3, 0.4) is 0 Å². The highest BCUT2D eigenvalue weighted by atomic mass is 35.5. The maximum atomic E-state index is 13.7. The molecule has 33 heavy (non-hydrogen) atoms. The number of nitrogens with zero attached hydrogens (tertiary/aromatic N) is 2. The van der Waals surface area contributed by atoms with Gasteiger partial charge in [-0.2, -0.15) is 4.98 Å². The van der Waals surface area contributed by atoms with Crippen LogP contribution in [0.15, 0.2) is 17.1 Å². The number of phosphoric acid groups is 3. The molecule has 0 radical (unpaired) electrons. The number of rotatable bonds is 2. The molecule has 1 aromatic rings. The minimum Gasteiger partial charge on any atom is -0.387 e. The number of aliphatic hydroxyl groups is 1. The quantitative estimate of drug-likeness (QED) is 0.129. The van der Waals surface area contributed by atoms with Crippen LogP contribution in [0.1, 0.15) is 13.7 Å². The Morgan fingerprint density at radius 2 is 1.39 bits per heavy atom. The van der Waals surface area contributed by atoms with Crippen molar-refractivity contribution in [2.24, 2.45) is 0 Å². The molecule has 0 amide bonds. The molecule has 0 aromatic carbocycles. The maximum Gasteiger partial charge on any atom is 0.466 e. The molecule has 0 aliphatic carbocycles. The predicted molar refractivity (Wildman–Crippen MR) is 108 cm³/mol. The van der Waals surface area contributed by atoms with E-state index < -0.39 is 53.8 Å². The van der Waals surface area contributed by atoms with Crippen molar-refractivity contribution in [2.75, 3.05) is 11.6 Å². The molecule has 1 aromatic heterocycles. The van der Waals surface area contributed by atoms with Gasteiger partial charge in [-0.1, -0.05) is 7.43 Å². The monoisotopic (exact) mass is 573 g/mol. The lowest BCUT2D eigenvalue weighted by Gasteiger charge is -2.15. The molecule has 2 rings (SSSR count). The topological polar surface area (TPSA) is 324 Å². The average molecular weight is 574 g/mol. The van der Waals surface area contributed by atoms with Crippen molar-refractivity contribution in [3.05, 3.63) is 22.7 Å². The first kappa shape index (κ1) is 36.7. The summed E-state index contributed by atoms with van der Waals surface area (Å²) in [6, 6.07) is 1.35. The first-order valence-corrected chi connectivity index (χ1v) is 12.5. The Morgan fingerprint density at radius 3 is 1.67 bits per heavy atom. The van der Waals surface area contributed by atoms with Crippen molar-refractivity contribution in [3.63, 3.8) is 0 Å². The molecule has 0 bridgehead atoms. The molecule has 1 saturated heterocycles. The molecule has 1 fully saturated rings. The Bertz CT molecular complexity index is 831. The lowest BCUT2D eigenvalue weighted by Crippen LogP contribution is -2.33. The van der Waals surface area contributed by atoms with Crippen molar-refractivity contribution in [1.82, 2.24) is 9.55 Å². The fourth-order valence-corrected chi connectivity index (χ4v) is 1.93. The Balaban J connectivity index is -0.000000466. The Labute approximate surface area is 189 Å². The zero-order valence-electron chi connectivity index (χ0n) is 15.3. The molecular formula is C10H24ClFN3O15P3. The van der Waals surface area contributed by atoms with Crippen molar-refractivity contribution >= 4 is 40.9 Å². The highest BCUT2D eigenvalue weighted by Crippen LogP contribution is 2.31. The lowest BCUT2D eigenvalue weighted by atomic mass is 10.2. The largest absolute Gasteiger partial charge is 0.466 e. The summed E-state index contributed by atoms with van der Waals surface area (Å²) in [6.07, 6.45) is -3.90. The van der Waals surface area contributed by atoms with E-state index in [2.05, 4.69) is 4.98 Å². The predicted octanol–water partition coefficient (Wildman–Crippen LogP) is -2.49. The molecule has 18 nitrogen and oxygen atoms in total. The van der Waals surface area contributed by atoms with Crippen LogP contribution in [0.2, 0.25) is 0 Å². The third-order valence-electron chi connectivity index (χ3n) is 2.57. The first-order chi connectivity index (χ1) is 14.0. The number of aliphatic hydroxyl groups excluding tert-OH is 1. The number of hydrogen-bond acceptors (Lipinski definition) is 8. The molecule has 1 aliphatic heterocycles. The molecule has 0 unspecified atom stereocenters. The summed E-state index contributed by atoms with van der Waals surface area (Å²) in [4.78, 5) is 79.6. The zero-order chi connectivity index (χ0) is 26.1. The fourth-order valence-electron chi connectivity index (χ4n) is 1.67. The van der Waals surface area contributed by atoms with Gasteiger partial charge in [0, 0.05) is 6.20 Å². The minimum absolute atomic E-state index is 0. The number of nitrogen functional groups attached to an aromatic ring is 1. The van der Waals surface area contributed by atoms with Crippen LogP contribution >= 0.6 is 35.1 Å². The summed E-state index contributed by atoms with van der Waals surface area (Å²) in [5.74, 6) is -0.0241. The Hall–Kier alpha value is -0.850. The highest BCUT2D eigenvalue weighted by molar-refractivity contribution is 7.45. The molecule has 23 heteroatoms. The molecule has 198 valence electrons. The zero-order valence-corrected chi connectivity index (χ0v) is 18.7. The van der Waals surface area contributed by atoms with E-state index in [0.717, 1.165) is 4.57 Å². The van der Waals surface area contributed by atoms with Gasteiger partial charge in [-0.3, -0.25) is 4.57 Å². The summed E-state index contributed by atoms with van der Waals surface area (Å²) in [5, 5.41) is 9.49. The van der Waals surface area contributed by atoms with Gasteiger partial charge in [-0.25, -0.2) is 22.9 Å². The molecule has 2 heterocycles. The van der Waals surface area contributed by atoms with E-state index in [0.29, 0.717) is 0 Å². The molecule has 12 N–H and O–H groups in total. The summed E-state index contributed by atoms with van der Waals surface area (Å²) < 4.78 is 46.5. The van der Waals surface area contributed by atoms with Crippen LogP contribution in [0.5, 0.6) is 0 Å². The SMILES string of the molecule is C.Nc1ccn([C@@H]2O[C@@H](CCl)[C@@H](O)[C@H]2F)c(=O)n1.O=P(O)(O)O.O=P(O)(O)O.O=P(O)(O)O. The van der Waals surface area contributed by atoms with Crippen LogP contribution in [-0.4, -0.2) is 83.0 Å². The van der Waals surface area contributed by atoms with Gasteiger partial charge in [-0.05, 0) is 6.07 Å². The van der Waals surface area contributed by atoms with Crippen LogP contribution < -0.4 is 11.4 Å². The van der Waals surface area contributed by atoms with Crippen molar-refractivity contribution in [2.45, 2.75) is 32.0 Å². The number of nitrogens with two attached hydrogens (primary N) is 1. The molecule has 0 spiro atoms. The van der Waals surface area contributed by atoms with Gasteiger partial charge in [0.15, 0.2) is 12.4 Å². The van der Waals surface area contributed by atoms with E-state index in [1.54, 1.807) is 0 Å². The fraction of sp³-hybridized carbons (Fsp3) is 0.600.